The first-order chi connectivity index (χ1) is 12.7. The van der Waals surface area contributed by atoms with Gasteiger partial charge in [-0.2, -0.15) is 0 Å². The molecule has 0 unspecified atom stereocenters. The van der Waals surface area contributed by atoms with E-state index in [0.29, 0.717) is 11.3 Å². The fourth-order valence-corrected chi connectivity index (χ4v) is 3.17. The first kappa shape index (κ1) is 22.3. The van der Waals surface area contributed by atoms with Crippen LogP contribution < -0.4 is 20.7 Å². The molecule has 5 nitrogen and oxygen atoms in total. The van der Waals surface area contributed by atoms with Crippen molar-refractivity contribution in [3.8, 4) is 5.75 Å². The maximum Gasteiger partial charge on any atom is 0.256 e. The Kier molecular flexibility index (Phi) is 8.23. The van der Waals surface area contributed by atoms with Crippen LogP contribution in [0.15, 0.2) is 48.5 Å². The molecule has 0 bridgehead atoms. The number of benzene rings is 2. The van der Waals surface area contributed by atoms with Crippen LogP contribution in [0, 0.1) is 3.57 Å². The second kappa shape index (κ2) is 9.97. The zero-order chi connectivity index (χ0) is 20.0. The molecule has 1 atom stereocenters. The molecule has 0 heterocycles. The topological polar surface area (TPSA) is 62.4 Å². The second-order valence-electron chi connectivity index (χ2n) is 5.23. The number of hydrogen-bond acceptors (Lipinski definition) is 3. The van der Waals surface area contributed by atoms with Crippen LogP contribution in [0.1, 0.15) is 10.4 Å². The van der Waals surface area contributed by atoms with Crippen LogP contribution in [-0.4, -0.2) is 28.1 Å². The first-order valence-corrected chi connectivity index (χ1v) is 10.2. The average molecular weight is 559 g/mol. The van der Waals surface area contributed by atoms with Crippen molar-refractivity contribution in [1.82, 2.24) is 10.6 Å². The summed E-state index contributed by atoms with van der Waals surface area (Å²) in [5.74, 6) is -0.0778. The molecule has 0 aliphatic carbocycles. The molecule has 0 aliphatic rings. The Hall–Kier alpha value is -1.000. The fraction of sp³-hybridized carbons (Fsp3) is 0.176. The minimum Gasteiger partial charge on any atom is -0.496 e. The molecule has 1 amide bonds. The van der Waals surface area contributed by atoms with E-state index in [1.807, 2.05) is 24.3 Å². The van der Waals surface area contributed by atoms with Gasteiger partial charge >= 0.3 is 0 Å². The highest BCUT2D eigenvalue weighted by Gasteiger charge is 2.35. The molecule has 27 heavy (non-hydrogen) atoms. The Bertz CT molecular complexity index is 833. The molecular formula is C17H15Cl3IN3O2S. The molecule has 2 rings (SSSR count). The lowest BCUT2D eigenvalue weighted by Crippen LogP contribution is -2.56. The number of nitrogens with one attached hydrogen (secondary N) is 3. The molecule has 144 valence electrons. The number of alkyl halides is 3. The number of amides is 1. The van der Waals surface area contributed by atoms with E-state index in [4.69, 9.17) is 51.8 Å². The molecule has 0 aromatic heterocycles. The minimum absolute atomic E-state index is 0.191. The highest BCUT2D eigenvalue weighted by Crippen LogP contribution is 2.30. The van der Waals surface area contributed by atoms with Crippen LogP contribution in [0.25, 0.3) is 0 Å². The SMILES string of the molecule is COc1ccccc1C(=O)N[C@@H](NC(=S)Nc1ccccc1I)C(Cl)(Cl)Cl. The average Bonchev–Trinajstić information content (AvgIpc) is 2.62. The van der Waals surface area contributed by atoms with Gasteiger partial charge in [-0.15, -0.1) is 0 Å². The van der Waals surface area contributed by atoms with Gasteiger partial charge in [0.1, 0.15) is 11.9 Å². The van der Waals surface area contributed by atoms with Gasteiger partial charge in [-0.3, -0.25) is 4.79 Å². The lowest BCUT2D eigenvalue weighted by atomic mass is 10.2. The van der Waals surface area contributed by atoms with Crippen LogP contribution in [-0.2, 0) is 0 Å². The van der Waals surface area contributed by atoms with Crippen LogP contribution in [0.5, 0.6) is 5.75 Å². The van der Waals surface area contributed by atoms with E-state index < -0.39 is 15.9 Å². The van der Waals surface area contributed by atoms with Crippen molar-refractivity contribution in [1.29, 1.82) is 0 Å². The predicted molar refractivity (Wildman–Crippen MR) is 123 cm³/mol. The van der Waals surface area contributed by atoms with Crippen LogP contribution >= 0.6 is 69.6 Å². The number of anilines is 1. The van der Waals surface area contributed by atoms with E-state index in [9.17, 15) is 4.79 Å². The van der Waals surface area contributed by atoms with Gasteiger partial charge in [0.2, 0.25) is 3.79 Å². The number of carbonyl (C=O) groups excluding carboxylic acids is 1. The van der Waals surface area contributed by atoms with Crippen LogP contribution in [0.3, 0.4) is 0 Å². The Labute approximate surface area is 191 Å². The maximum atomic E-state index is 12.6. The Morgan fingerprint density at radius 3 is 2.37 bits per heavy atom. The zero-order valence-corrected chi connectivity index (χ0v) is 19.2. The summed E-state index contributed by atoms with van der Waals surface area (Å²) in [6.07, 6.45) is -1.08. The molecule has 0 radical (unpaired) electrons. The number of ether oxygens (including phenoxy) is 1. The third kappa shape index (κ3) is 6.53. The van der Waals surface area contributed by atoms with Crippen molar-refractivity contribution in [2.24, 2.45) is 0 Å². The third-order valence-electron chi connectivity index (χ3n) is 3.35. The van der Waals surface area contributed by atoms with Crippen molar-refractivity contribution >= 4 is 86.3 Å². The van der Waals surface area contributed by atoms with E-state index in [1.165, 1.54) is 7.11 Å². The van der Waals surface area contributed by atoms with Gasteiger partial charge in [-0.1, -0.05) is 59.1 Å². The number of carbonyl (C=O) groups is 1. The molecule has 0 aliphatic heterocycles. The van der Waals surface area contributed by atoms with Crippen LogP contribution in [0.4, 0.5) is 5.69 Å². The van der Waals surface area contributed by atoms with E-state index in [-0.39, 0.29) is 5.11 Å². The normalized spacial score (nSPS) is 12.0. The largest absolute Gasteiger partial charge is 0.496 e. The maximum absolute atomic E-state index is 12.6. The van der Waals surface area contributed by atoms with Gasteiger partial charge in [-0.05, 0) is 59.1 Å². The summed E-state index contributed by atoms with van der Waals surface area (Å²) in [5.41, 5.74) is 1.09. The summed E-state index contributed by atoms with van der Waals surface area (Å²) < 4.78 is 4.29. The van der Waals surface area contributed by atoms with Gasteiger partial charge < -0.3 is 20.7 Å². The highest BCUT2D eigenvalue weighted by molar-refractivity contribution is 14.1. The van der Waals surface area contributed by atoms with Gasteiger partial charge in [0.15, 0.2) is 5.11 Å². The quantitative estimate of drug-likeness (QED) is 0.215. The summed E-state index contributed by atoms with van der Waals surface area (Å²) in [6, 6.07) is 14.3. The molecule has 0 saturated heterocycles. The first-order valence-electron chi connectivity index (χ1n) is 7.55. The lowest BCUT2D eigenvalue weighted by Gasteiger charge is -2.28. The number of hydrogen-bond donors (Lipinski definition) is 3. The van der Waals surface area contributed by atoms with Gasteiger partial charge in [0, 0.05) is 3.57 Å². The van der Waals surface area contributed by atoms with Crippen molar-refractivity contribution in [3.63, 3.8) is 0 Å². The summed E-state index contributed by atoms with van der Waals surface area (Å²) in [7, 11) is 1.47. The molecule has 0 fully saturated rings. The van der Waals surface area contributed by atoms with E-state index in [2.05, 4.69) is 38.5 Å². The highest BCUT2D eigenvalue weighted by atomic mass is 127. The van der Waals surface area contributed by atoms with E-state index >= 15 is 0 Å². The van der Waals surface area contributed by atoms with Crippen molar-refractivity contribution in [2.75, 3.05) is 12.4 Å². The number of halogens is 4. The van der Waals surface area contributed by atoms with Crippen molar-refractivity contribution < 1.29 is 9.53 Å². The third-order valence-corrected chi connectivity index (χ3v) is 5.17. The van der Waals surface area contributed by atoms with Crippen molar-refractivity contribution in [2.45, 2.75) is 9.96 Å². The molecule has 10 heteroatoms. The monoisotopic (exact) mass is 557 g/mol. The van der Waals surface area contributed by atoms with Crippen molar-refractivity contribution in [3.05, 3.63) is 57.7 Å². The lowest BCUT2D eigenvalue weighted by molar-refractivity contribution is 0.0931. The molecule has 0 saturated carbocycles. The van der Waals surface area contributed by atoms with Crippen LogP contribution in [0.2, 0.25) is 0 Å². The number of para-hydroxylation sites is 2. The standard InChI is InChI=1S/C17H15Cl3IN3O2S/c1-26-13-9-5-2-6-10(13)14(25)23-15(17(18,19)20)24-16(27)22-12-8-4-3-7-11(12)21/h2-9,15H,1H3,(H,23,25)(H2,22,24,27)/t15-/m0/s1. The molecule has 3 N–H and O–H groups in total. The van der Waals surface area contributed by atoms with Gasteiger partial charge in [0.05, 0.1) is 18.4 Å². The summed E-state index contributed by atoms with van der Waals surface area (Å²) in [6.45, 7) is 0. The minimum atomic E-state index is -1.85. The Morgan fingerprint density at radius 2 is 1.74 bits per heavy atom. The fourth-order valence-electron chi connectivity index (χ4n) is 2.09. The molecular weight excluding hydrogens is 544 g/mol. The number of thiocarbonyl (C=S) groups is 1. The number of rotatable bonds is 5. The molecule has 2 aromatic rings. The summed E-state index contributed by atoms with van der Waals surface area (Å²) in [4.78, 5) is 12.6. The summed E-state index contributed by atoms with van der Waals surface area (Å²) in [5, 5.41) is 8.64. The van der Waals surface area contributed by atoms with Gasteiger partial charge in [0.25, 0.3) is 5.91 Å². The summed E-state index contributed by atoms with van der Waals surface area (Å²) >= 11 is 25.5. The van der Waals surface area contributed by atoms with E-state index in [1.54, 1.807) is 24.3 Å². The Balaban J connectivity index is 2.12. The smallest absolute Gasteiger partial charge is 0.256 e. The zero-order valence-electron chi connectivity index (χ0n) is 13.9. The Morgan fingerprint density at radius 1 is 1.11 bits per heavy atom. The number of methoxy groups -OCH3 is 1. The predicted octanol–water partition coefficient (Wildman–Crippen LogP) is 4.71. The van der Waals surface area contributed by atoms with Gasteiger partial charge in [-0.25, -0.2) is 0 Å². The van der Waals surface area contributed by atoms with E-state index in [0.717, 1.165) is 9.26 Å². The molecule has 0 spiro atoms. The molecule has 2 aromatic carbocycles. The second-order valence-corrected chi connectivity index (χ2v) is 9.17.